The van der Waals surface area contributed by atoms with Crippen molar-refractivity contribution in [3.63, 3.8) is 0 Å². The van der Waals surface area contributed by atoms with Crippen molar-refractivity contribution < 1.29 is 4.79 Å². The lowest BCUT2D eigenvalue weighted by Crippen LogP contribution is -2.48. The van der Waals surface area contributed by atoms with E-state index < -0.39 is 0 Å². The average Bonchev–Trinajstić information content (AvgIpc) is 2.63. The van der Waals surface area contributed by atoms with Gasteiger partial charge in [-0.15, -0.1) is 0 Å². The molecule has 0 bridgehead atoms. The van der Waals surface area contributed by atoms with Gasteiger partial charge in [-0.05, 0) is 45.0 Å². The van der Waals surface area contributed by atoms with Crippen LogP contribution in [0.3, 0.4) is 0 Å². The van der Waals surface area contributed by atoms with Crippen molar-refractivity contribution in [2.24, 2.45) is 5.92 Å². The number of carbonyl (C=O) groups excluding carboxylic acids is 1. The van der Waals surface area contributed by atoms with Gasteiger partial charge in [0, 0.05) is 38.4 Å². The number of piperidine rings is 1. The van der Waals surface area contributed by atoms with E-state index in [4.69, 9.17) is 0 Å². The van der Waals surface area contributed by atoms with E-state index in [-0.39, 0.29) is 12.0 Å². The van der Waals surface area contributed by atoms with Crippen LogP contribution in [-0.2, 0) is 11.3 Å². The molecule has 22 heavy (non-hydrogen) atoms. The first-order valence-corrected chi connectivity index (χ1v) is 8.34. The van der Waals surface area contributed by atoms with Crippen LogP contribution in [0.1, 0.15) is 25.3 Å². The lowest BCUT2D eigenvalue weighted by Gasteiger charge is -2.35. The van der Waals surface area contributed by atoms with Crippen molar-refractivity contribution >= 4 is 11.6 Å². The largest absolute Gasteiger partial charge is 0.372 e. The number of likely N-dealkylation sites (N-methyl/N-ethyl adjacent to an activating group) is 1. The van der Waals surface area contributed by atoms with Crippen LogP contribution < -0.4 is 4.90 Å². The number of carbonyl (C=O) groups is 1. The minimum atomic E-state index is 0.164. The summed E-state index contributed by atoms with van der Waals surface area (Å²) < 4.78 is 0. The van der Waals surface area contributed by atoms with Crippen LogP contribution in [0.15, 0.2) is 24.3 Å². The van der Waals surface area contributed by atoms with Crippen molar-refractivity contribution in [2.45, 2.75) is 32.4 Å². The number of para-hydroxylation sites is 1. The number of likely N-dealkylation sites (tertiary alicyclic amines) is 1. The van der Waals surface area contributed by atoms with Gasteiger partial charge in [0.15, 0.2) is 0 Å². The van der Waals surface area contributed by atoms with Crippen LogP contribution >= 0.6 is 0 Å². The Bertz CT molecular complexity index is 545. The first-order valence-electron chi connectivity index (χ1n) is 8.34. The molecule has 1 saturated heterocycles. The van der Waals surface area contributed by atoms with Gasteiger partial charge in [0.25, 0.3) is 0 Å². The molecule has 0 aromatic heterocycles. The van der Waals surface area contributed by atoms with Gasteiger partial charge in [-0.1, -0.05) is 18.2 Å². The number of benzene rings is 1. The molecule has 0 unspecified atom stereocenters. The predicted octanol–water partition coefficient (Wildman–Crippen LogP) is 2.20. The van der Waals surface area contributed by atoms with E-state index in [0.717, 1.165) is 39.0 Å². The Morgan fingerprint density at radius 2 is 1.95 bits per heavy atom. The Morgan fingerprint density at radius 1 is 1.18 bits per heavy atom. The Kier molecular flexibility index (Phi) is 4.39. The number of hydrogen-bond acceptors (Lipinski definition) is 3. The number of rotatable bonds is 1. The third-order valence-corrected chi connectivity index (χ3v) is 5.07. The molecule has 1 fully saturated rings. The van der Waals surface area contributed by atoms with Gasteiger partial charge in [0.2, 0.25) is 5.91 Å². The summed E-state index contributed by atoms with van der Waals surface area (Å²) in [4.78, 5) is 19.7. The molecule has 0 spiro atoms. The Morgan fingerprint density at radius 3 is 2.73 bits per heavy atom. The minimum absolute atomic E-state index is 0.164. The molecule has 0 aliphatic carbocycles. The molecule has 2 aliphatic heterocycles. The second-order valence-electron chi connectivity index (χ2n) is 6.93. The van der Waals surface area contributed by atoms with Crippen LogP contribution in [0.5, 0.6) is 0 Å². The first-order chi connectivity index (χ1) is 10.6. The SMILES string of the molecule is C[C@@H]1CN(C)c2ccccc2CN1C(=O)[C@H]1CCCN(C)C1. The fraction of sp³-hybridized carbons (Fsp3) is 0.611. The predicted molar refractivity (Wildman–Crippen MR) is 89.9 cm³/mol. The maximum atomic E-state index is 13.1. The molecular weight excluding hydrogens is 274 g/mol. The van der Waals surface area contributed by atoms with Gasteiger partial charge in [-0.2, -0.15) is 0 Å². The second-order valence-corrected chi connectivity index (χ2v) is 6.93. The average molecular weight is 301 g/mol. The Balaban J connectivity index is 1.82. The summed E-state index contributed by atoms with van der Waals surface area (Å²) in [5.74, 6) is 0.501. The van der Waals surface area contributed by atoms with Crippen LogP contribution in [0.4, 0.5) is 5.69 Å². The van der Waals surface area contributed by atoms with E-state index in [1.807, 2.05) is 0 Å². The Hall–Kier alpha value is -1.55. The Labute approximate surface area is 133 Å². The number of fused-ring (bicyclic) bond motifs is 1. The van der Waals surface area contributed by atoms with Crippen LogP contribution in [0, 0.1) is 5.92 Å². The van der Waals surface area contributed by atoms with E-state index >= 15 is 0 Å². The minimum Gasteiger partial charge on any atom is -0.372 e. The summed E-state index contributed by atoms with van der Waals surface area (Å²) >= 11 is 0. The molecule has 2 aliphatic rings. The maximum Gasteiger partial charge on any atom is 0.227 e. The van der Waals surface area contributed by atoms with Gasteiger partial charge in [-0.25, -0.2) is 0 Å². The fourth-order valence-corrected chi connectivity index (χ4v) is 3.85. The number of hydrogen-bond donors (Lipinski definition) is 0. The van der Waals surface area contributed by atoms with E-state index in [0.29, 0.717) is 5.91 Å². The lowest BCUT2D eigenvalue weighted by atomic mass is 9.96. The highest BCUT2D eigenvalue weighted by atomic mass is 16.2. The molecule has 1 amide bonds. The van der Waals surface area contributed by atoms with Gasteiger partial charge in [-0.3, -0.25) is 4.79 Å². The quantitative estimate of drug-likeness (QED) is 0.795. The molecule has 4 heteroatoms. The molecule has 1 aromatic carbocycles. The smallest absolute Gasteiger partial charge is 0.227 e. The van der Waals surface area contributed by atoms with Crippen LogP contribution in [0.25, 0.3) is 0 Å². The molecule has 2 atom stereocenters. The highest BCUT2D eigenvalue weighted by Gasteiger charge is 2.32. The third-order valence-electron chi connectivity index (χ3n) is 5.07. The van der Waals surface area contributed by atoms with Gasteiger partial charge in [0.1, 0.15) is 0 Å². The summed E-state index contributed by atoms with van der Waals surface area (Å²) in [5, 5.41) is 0. The molecular formula is C18H27N3O. The maximum absolute atomic E-state index is 13.1. The third kappa shape index (κ3) is 2.98. The molecule has 1 aromatic rings. The summed E-state index contributed by atoms with van der Waals surface area (Å²) in [6, 6.07) is 8.70. The fourth-order valence-electron chi connectivity index (χ4n) is 3.85. The normalized spacial score (nSPS) is 26.5. The summed E-state index contributed by atoms with van der Waals surface area (Å²) in [6.07, 6.45) is 2.16. The zero-order chi connectivity index (χ0) is 15.7. The van der Waals surface area contributed by atoms with Gasteiger partial charge < -0.3 is 14.7 Å². The molecule has 2 heterocycles. The summed E-state index contributed by atoms with van der Waals surface area (Å²) in [5.41, 5.74) is 2.51. The zero-order valence-electron chi connectivity index (χ0n) is 14.0. The topological polar surface area (TPSA) is 26.8 Å². The number of amides is 1. The van der Waals surface area contributed by atoms with Crippen molar-refractivity contribution in [3.8, 4) is 0 Å². The molecule has 3 rings (SSSR count). The highest BCUT2D eigenvalue weighted by Crippen LogP contribution is 2.28. The van der Waals surface area contributed by atoms with Gasteiger partial charge >= 0.3 is 0 Å². The van der Waals surface area contributed by atoms with Crippen molar-refractivity contribution in [3.05, 3.63) is 29.8 Å². The van der Waals surface area contributed by atoms with Crippen molar-refractivity contribution in [1.29, 1.82) is 0 Å². The van der Waals surface area contributed by atoms with Crippen LogP contribution in [0.2, 0.25) is 0 Å². The first kappa shape index (κ1) is 15.3. The van der Waals surface area contributed by atoms with E-state index in [1.54, 1.807) is 0 Å². The monoisotopic (exact) mass is 301 g/mol. The van der Waals surface area contributed by atoms with Crippen molar-refractivity contribution in [2.75, 3.05) is 38.6 Å². The lowest BCUT2D eigenvalue weighted by molar-refractivity contribution is -0.139. The number of nitrogens with zero attached hydrogens (tertiary/aromatic N) is 3. The number of anilines is 1. The van der Waals surface area contributed by atoms with E-state index in [1.165, 1.54) is 11.3 Å². The van der Waals surface area contributed by atoms with Gasteiger partial charge in [0.05, 0.1) is 5.92 Å². The summed E-state index contributed by atoms with van der Waals surface area (Å²) in [6.45, 7) is 5.82. The molecule has 0 N–H and O–H groups in total. The molecule has 0 saturated carbocycles. The van der Waals surface area contributed by atoms with Crippen LogP contribution in [-0.4, -0.2) is 55.5 Å². The second kappa shape index (κ2) is 6.29. The summed E-state index contributed by atoms with van der Waals surface area (Å²) in [7, 11) is 4.24. The van der Waals surface area contributed by atoms with E-state index in [2.05, 4.69) is 60.0 Å². The van der Waals surface area contributed by atoms with E-state index in [9.17, 15) is 4.79 Å². The molecule has 120 valence electrons. The zero-order valence-corrected chi connectivity index (χ0v) is 14.0. The molecule has 4 nitrogen and oxygen atoms in total. The van der Waals surface area contributed by atoms with Crippen molar-refractivity contribution in [1.82, 2.24) is 9.80 Å². The standard InChI is InChI=1S/C18H27N3O/c1-14-11-20(3)17-9-5-4-7-15(17)13-21(14)18(22)16-8-6-10-19(2)12-16/h4-5,7,9,14,16H,6,8,10-13H2,1-3H3/t14-,16+/m1/s1. The molecule has 0 radical (unpaired) electrons. The highest BCUT2D eigenvalue weighted by molar-refractivity contribution is 5.80.